The smallest absolute Gasteiger partial charge is 0.197 e. The van der Waals surface area contributed by atoms with Crippen LogP contribution in [0.4, 0.5) is 0 Å². The minimum absolute atomic E-state index is 0.0204. The zero-order valence-corrected chi connectivity index (χ0v) is 11.1. The van der Waals surface area contributed by atoms with Crippen LogP contribution in [0.3, 0.4) is 0 Å². The molecule has 0 atom stereocenters. The second-order valence-corrected chi connectivity index (χ2v) is 4.81. The number of hydrogen-bond acceptors (Lipinski definition) is 5. The van der Waals surface area contributed by atoms with Crippen molar-refractivity contribution in [3.05, 3.63) is 52.2 Å². The molecule has 0 radical (unpaired) electrons. The van der Waals surface area contributed by atoms with Gasteiger partial charge in [0.2, 0.25) is 0 Å². The Morgan fingerprint density at radius 1 is 0.952 bits per heavy atom. The Morgan fingerprint density at radius 3 is 2.43 bits per heavy atom. The van der Waals surface area contributed by atoms with Gasteiger partial charge < -0.3 is 19.7 Å². The SMILES string of the molecule is Cc1cc(-c2cc(=O)c3c(O)cc(O)cc3o2)ccc1O. The number of rotatable bonds is 1. The van der Waals surface area contributed by atoms with Crippen LogP contribution in [-0.2, 0) is 0 Å². The molecule has 0 aliphatic carbocycles. The van der Waals surface area contributed by atoms with Gasteiger partial charge in [0, 0.05) is 23.8 Å². The Kier molecular flexibility index (Phi) is 2.83. The lowest BCUT2D eigenvalue weighted by molar-refractivity contribution is 0.452. The number of phenolic OH excluding ortho intramolecular Hbond substituents is 3. The Morgan fingerprint density at radius 2 is 1.71 bits per heavy atom. The third-order valence-electron chi connectivity index (χ3n) is 3.28. The number of hydrogen-bond donors (Lipinski definition) is 3. The maximum absolute atomic E-state index is 12.1. The molecule has 5 nitrogen and oxygen atoms in total. The van der Waals surface area contributed by atoms with Gasteiger partial charge >= 0.3 is 0 Å². The molecule has 0 aliphatic heterocycles. The fraction of sp³-hybridized carbons (Fsp3) is 0.0625. The number of aromatic hydroxyl groups is 3. The number of benzene rings is 2. The number of fused-ring (bicyclic) bond motifs is 1. The summed E-state index contributed by atoms with van der Waals surface area (Å²) in [5.41, 5.74) is 0.955. The minimum atomic E-state index is -0.408. The van der Waals surface area contributed by atoms with Gasteiger partial charge in [0.05, 0.1) is 0 Å². The summed E-state index contributed by atoms with van der Waals surface area (Å²) < 4.78 is 5.58. The van der Waals surface area contributed by atoms with Gasteiger partial charge in [0.25, 0.3) is 0 Å². The van der Waals surface area contributed by atoms with Crippen molar-refractivity contribution in [2.24, 2.45) is 0 Å². The highest BCUT2D eigenvalue weighted by atomic mass is 16.3. The first-order valence-corrected chi connectivity index (χ1v) is 6.25. The van der Waals surface area contributed by atoms with Crippen LogP contribution in [0, 0.1) is 6.92 Å². The van der Waals surface area contributed by atoms with Crippen molar-refractivity contribution < 1.29 is 19.7 Å². The first-order valence-electron chi connectivity index (χ1n) is 6.25. The van der Waals surface area contributed by atoms with E-state index >= 15 is 0 Å². The van der Waals surface area contributed by atoms with E-state index in [2.05, 4.69) is 0 Å². The van der Waals surface area contributed by atoms with Gasteiger partial charge in [-0.3, -0.25) is 4.79 Å². The van der Waals surface area contributed by atoms with Gasteiger partial charge in [-0.1, -0.05) is 0 Å². The highest BCUT2D eigenvalue weighted by Gasteiger charge is 2.12. The van der Waals surface area contributed by atoms with Gasteiger partial charge in [0.1, 0.15) is 34.0 Å². The highest BCUT2D eigenvalue weighted by Crippen LogP contribution is 2.31. The van der Waals surface area contributed by atoms with E-state index in [9.17, 15) is 20.1 Å². The summed E-state index contributed by atoms with van der Waals surface area (Å²) in [7, 11) is 0. The largest absolute Gasteiger partial charge is 0.508 e. The molecule has 0 saturated carbocycles. The Hall–Kier alpha value is -2.95. The zero-order chi connectivity index (χ0) is 15.1. The van der Waals surface area contributed by atoms with E-state index in [0.29, 0.717) is 16.9 Å². The molecular formula is C16H12O5. The molecule has 21 heavy (non-hydrogen) atoms. The third kappa shape index (κ3) is 2.18. The van der Waals surface area contributed by atoms with Crippen molar-refractivity contribution in [1.29, 1.82) is 0 Å². The minimum Gasteiger partial charge on any atom is -0.508 e. The first kappa shape index (κ1) is 13.1. The maximum atomic E-state index is 12.1. The van der Waals surface area contributed by atoms with Crippen LogP contribution >= 0.6 is 0 Å². The molecule has 1 heterocycles. The molecule has 5 heteroatoms. The number of aryl methyl sites for hydroxylation is 1. The van der Waals surface area contributed by atoms with E-state index in [-0.39, 0.29) is 28.2 Å². The number of phenols is 3. The van der Waals surface area contributed by atoms with E-state index in [0.717, 1.165) is 6.07 Å². The summed E-state index contributed by atoms with van der Waals surface area (Å²) in [6, 6.07) is 8.44. The van der Waals surface area contributed by atoms with E-state index in [4.69, 9.17) is 4.42 Å². The fourth-order valence-corrected chi connectivity index (χ4v) is 2.20. The van der Waals surface area contributed by atoms with Crippen LogP contribution in [0.2, 0.25) is 0 Å². The Labute approximate surface area is 119 Å². The molecular weight excluding hydrogens is 272 g/mol. The molecule has 0 fully saturated rings. The average Bonchev–Trinajstić information content (AvgIpc) is 2.40. The van der Waals surface area contributed by atoms with Crippen molar-refractivity contribution >= 4 is 11.0 Å². The lowest BCUT2D eigenvalue weighted by Gasteiger charge is -2.06. The van der Waals surface area contributed by atoms with Gasteiger partial charge in [-0.15, -0.1) is 0 Å². The maximum Gasteiger partial charge on any atom is 0.197 e. The molecule has 1 aromatic heterocycles. The van der Waals surface area contributed by atoms with E-state index in [1.54, 1.807) is 19.1 Å². The summed E-state index contributed by atoms with van der Waals surface area (Å²) in [4.78, 5) is 12.1. The molecule has 106 valence electrons. The normalized spacial score (nSPS) is 10.9. The van der Waals surface area contributed by atoms with Crippen LogP contribution < -0.4 is 5.43 Å². The molecule has 0 unspecified atom stereocenters. The lowest BCUT2D eigenvalue weighted by Crippen LogP contribution is -2.00. The standard InChI is InChI=1S/C16H12O5/c1-8-4-9(2-3-11(8)18)14-7-13(20)16-12(19)5-10(17)6-15(16)21-14/h2-7,17-19H,1H3. The van der Waals surface area contributed by atoms with Crippen molar-refractivity contribution in [2.45, 2.75) is 6.92 Å². The van der Waals surface area contributed by atoms with E-state index < -0.39 is 5.43 Å². The summed E-state index contributed by atoms with van der Waals surface area (Å²) in [5.74, 6) is -0.0767. The monoisotopic (exact) mass is 284 g/mol. The van der Waals surface area contributed by atoms with Crippen molar-refractivity contribution in [3.8, 4) is 28.6 Å². The van der Waals surface area contributed by atoms with Crippen molar-refractivity contribution in [1.82, 2.24) is 0 Å². The topological polar surface area (TPSA) is 90.9 Å². The van der Waals surface area contributed by atoms with Crippen molar-refractivity contribution in [3.63, 3.8) is 0 Å². The highest BCUT2D eigenvalue weighted by molar-refractivity contribution is 5.86. The summed E-state index contributed by atoms with van der Waals surface area (Å²) in [6.07, 6.45) is 0. The molecule has 2 aromatic carbocycles. The van der Waals surface area contributed by atoms with Crippen LogP contribution in [0.5, 0.6) is 17.2 Å². The molecule has 0 bridgehead atoms. The van der Waals surface area contributed by atoms with Gasteiger partial charge in [-0.05, 0) is 30.7 Å². The quantitative estimate of drug-likeness (QED) is 0.639. The second-order valence-electron chi connectivity index (χ2n) is 4.81. The van der Waals surface area contributed by atoms with Crippen LogP contribution in [-0.4, -0.2) is 15.3 Å². The molecule has 3 rings (SSSR count). The van der Waals surface area contributed by atoms with Gasteiger partial charge in [-0.25, -0.2) is 0 Å². The second kappa shape index (κ2) is 4.56. The average molecular weight is 284 g/mol. The van der Waals surface area contributed by atoms with Gasteiger partial charge in [-0.2, -0.15) is 0 Å². The molecule has 0 saturated heterocycles. The molecule has 0 aliphatic rings. The molecule has 0 amide bonds. The fourth-order valence-electron chi connectivity index (χ4n) is 2.20. The predicted molar refractivity (Wildman–Crippen MR) is 77.7 cm³/mol. The molecule has 3 aromatic rings. The molecule has 3 N–H and O–H groups in total. The summed E-state index contributed by atoms with van der Waals surface area (Å²) in [5, 5.41) is 28.8. The summed E-state index contributed by atoms with van der Waals surface area (Å²) in [6.45, 7) is 1.73. The summed E-state index contributed by atoms with van der Waals surface area (Å²) >= 11 is 0. The van der Waals surface area contributed by atoms with Crippen LogP contribution in [0.25, 0.3) is 22.3 Å². The van der Waals surface area contributed by atoms with Gasteiger partial charge in [0.15, 0.2) is 5.43 Å². The zero-order valence-electron chi connectivity index (χ0n) is 11.1. The Balaban J connectivity index is 2.29. The predicted octanol–water partition coefficient (Wildman–Crippen LogP) is 2.89. The molecule has 0 spiro atoms. The van der Waals surface area contributed by atoms with Crippen LogP contribution in [0.1, 0.15) is 5.56 Å². The lowest BCUT2D eigenvalue weighted by atomic mass is 10.1. The Bertz CT molecular complexity index is 908. The van der Waals surface area contributed by atoms with Crippen molar-refractivity contribution in [2.75, 3.05) is 0 Å². The van der Waals surface area contributed by atoms with E-state index in [1.165, 1.54) is 18.2 Å². The van der Waals surface area contributed by atoms with Crippen LogP contribution in [0.15, 0.2) is 45.6 Å². The third-order valence-corrected chi connectivity index (χ3v) is 3.28. The van der Waals surface area contributed by atoms with E-state index in [1.807, 2.05) is 0 Å². The first-order chi connectivity index (χ1) is 9.95.